The summed E-state index contributed by atoms with van der Waals surface area (Å²) < 4.78 is 0. The van der Waals surface area contributed by atoms with E-state index in [1.807, 2.05) is 0 Å². The van der Waals surface area contributed by atoms with Gasteiger partial charge >= 0.3 is 0 Å². The Morgan fingerprint density at radius 3 is 2.71 bits per heavy atom. The van der Waals surface area contributed by atoms with Crippen LogP contribution in [0.15, 0.2) is 27.8 Å². The summed E-state index contributed by atoms with van der Waals surface area (Å²) in [4.78, 5) is 35.9. The van der Waals surface area contributed by atoms with Crippen molar-refractivity contribution in [3.63, 3.8) is 0 Å². The van der Waals surface area contributed by atoms with Crippen LogP contribution in [0.25, 0.3) is 10.8 Å². The first kappa shape index (κ1) is 13.6. The van der Waals surface area contributed by atoms with Crippen LogP contribution in [0.5, 0.6) is 0 Å². The van der Waals surface area contributed by atoms with Gasteiger partial charge in [-0.1, -0.05) is 12.5 Å². The number of aromatic nitrogens is 2. The molecular weight excluding hydrogens is 272 g/mol. The number of aromatic amines is 2. The third-order valence-corrected chi connectivity index (χ3v) is 3.71. The minimum Gasteiger partial charge on any atom is -0.324 e. The molecule has 21 heavy (non-hydrogen) atoms. The predicted molar refractivity (Wildman–Crippen MR) is 79.5 cm³/mol. The number of carbonyl (C=O) groups excluding carboxylic acids is 1. The molecule has 1 fully saturated rings. The molecule has 0 saturated carbocycles. The summed E-state index contributed by atoms with van der Waals surface area (Å²) in [6.45, 7) is 0.813. The van der Waals surface area contributed by atoms with Crippen molar-refractivity contribution in [1.82, 2.24) is 15.5 Å². The zero-order chi connectivity index (χ0) is 14.8. The largest absolute Gasteiger partial charge is 0.324 e. The van der Waals surface area contributed by atoms with E-state index < -0.39 is 11.1 Å². The van der Waals surface area contributed by atoms with E-state index in [1.165, 1.54) is 0 Å². The Balaban J connectivity index is 1.97. The number of benzene rings is 1. The number of carbonyl (C=O) groups is 1. The molecule has 110 valence electrons. The van der Waals surface area contributed by atoms with E-state index in [-0.39, 0.29) is 22.7 Å². The molecule has 4 N–H and O–H groups in total. The van der Waals surface area contributed by atoms with Crippen molar-refractivity contribution in [3.8, 4) is 0 Å². The van der Waals surface area contributed by atoms with E-state index in [1.54, 1.807) is 18.2 Å². The van der Waals surface area contributed by atoms with Crippen LogP contribution in [0.2, 0.25) is 0 Å². The van der Waals surface area contributed by atoms with E-state index >= 15 is 0 Å². The third kappa shape index (κ3) is 2.59. The number of H-pyrrole nitrogens is 2. The molecule has 0 spiro atoms. The minimum atomic E-state index is -0.433. The van der Waals surface area contributed by atoms with Crippen molar-refractivity contribution in [2.24, 2.45) is 0 Å². The molecule has 1 unspecified atom stereocenters. The molecule has 1 atom stereocenters. The average molecular weight is 288 g/mol. The lowest BCUT2D eigenvalue weighted by Gasteiger charge is -2.22. The monoisotopic (exact) mass is 288 g/mol. The Bertz CT molecular complexity index is 787. The molecule has 0 bridgehead atoms. The lowest BCUT2D eigenvalue weighted by Crippen LogP contribution is -2.43. The van der Waals surface area contributed by atoms with Crippen LogP contribution < -0.4 is 21.8 Å². The second kappa shape index (κ2) is 5.53. The molecule has 3 rings (SSSR count). The second-order valence-corrected chi connectivity index (χ2v) is 5.13. The Labute approximate surface area is 119 Å². The van der Waals surface area contributed by atoms with Gasteiger partial charge in [0.05, 0.1) is 22.5 Å². The van der Waals surface area contributed by atoms with Gasteiger partial charge in [-0.15, -0.1) is 0 Å². The first-order valence-corrected chi connectivity index (χ1v) is 6.95. The van der Waals surface area contributed by atoms with Gasteiger partial charge in [0.2, 0.25) is 5.91 Å². The number of rotatable bonds is 2. The van der Waals surface area contributed by atoms with Gasteiger partial charge in [-0.25, -0.2) is 0 Å². The molecule has 1 aromatic carbocycles. The molecule has 2 heterocycles. The Morgan fingerprint density at radius 1 is 1.14 bits per heavy atom. The zero-order valence-electron chi connectivity index (χ0n) is 11.4. The number of amides is 1. The van der Waals surface area contributed by atoms with Gasteiger partial charge in [-0.3, -0.25) is 24.6 Å². The van der Waals surface area contributed by atoms with Gasteiger partial charge in [0, 0.05) is 0 Å². The Morgan fingerprint density at radius 2 is 1.95 bits per heavy atom. The minimum absolute atomic E-state index is 0.179. The fourth-order valence-corrected chi connectivity index (χ4v) is 2.63. The first-order valence-electron chi connectivity index (χ1n) is 6.95. The number of piperidine rings is 1. The quantitative estimate of drug-likeness (QED) is 0.637. The van der Waals surface area contributed by atoms with Crippen LogP contribution >= 0.6 is 0 Å². The molecule has 2 aromatic rings. The highest BCUT2D eigenvalue weighted by Gasteiger charge is 2.21. The van der Waals surface area contributed by atoms with Gasteiger partial charge < -0.3 is 10.6 Å². The molecule has 1 aliphatic rings. The predicted octanol–water partition coefficient (Wildman–Crippen LogP) is 0.297. The number of fused-ring (bicyclic) bond motifs is 1. The number of hydrogen-bond donors (Lipinski definition) is 4. The molecule has 1 aliphatic heterocycles. The van der Waals surface area contributed by atoms with E-state index in [2.05, 4.69) is 20.8 Å². The maximum Gasteiger partial charge on any atom is 0.272 e. The molecule has 1 saturated heterocycles. The summed E-state index contributed by atoms with van der Waals surface area (Å²) in [6.07, 6.45) is 2.83. The third-order valence-electron chi connectivity index (χ3n) is 3.71. The fraction of sp³-hybridized carbons (Fsp3) is 0.357. The van der Waals surface area contributed by atoms with Crippen LogP contribution in [-0.2, 0) is 4.79 Å². The van der Waals surface area contributed by atoms with Crippen molar-refractivity contribution < 1.29 is 4.79 Å². The molecular formula is C14H16N4O3. The zero-order valence-corrected chi connectivity index (χ0v) is 11.4. The summed E-state index contributed by atoms with van der Waals surface area (Å²) in [5, 5.41) is 10.9. The van der Waals surface area contributed by atoms with Gasteiger partial charge in [0.15, 0.2) is 0 Å². The first-order chi connectivity index (χ1) is 10.2. The Kier molecular flexibility index (Phi) is 3.57. The standard InChI is InChI=1S/C14H16N4O3/c19-12-8-4-3-6-9(11(8)14(21)18-17-12)16-13(20)10-5-1-2-7-15-10/h3-4,6,10,15H,1-2,5,7H2,(H,16,20)(H,17,19)(H,18,21). The van der Waals surface area contributed by atoms with Crippen LogP contribution in [0.3, 0.4) is 0 Å². The normalized spacial score (nSPS) is 18.6. The van der Waals surface area contributed by atoms with E-state index in [0.29, 0.717) is 5.69 Å². The molecule has 1 aromatic heterocycles. The molecule has 7 heteroatoms. The summed E-state index contributed by atoms with van der Waals surface area (Å²) in [5.74, 6) is -0.179. The van der Waals surface area contributed by atoms with Gasteiger partial charge in [0.25, 0.3) is 11.1 Å². The maximum absolute atomic E-state index is 12.2. The van der Waals surface area contributed by atoms with E-state index in [4.69, 9.17) is 0 Å². The summed E-state index contributed by atoms with van der Waals surface area (Å²) >= 11 is 0. The second-order valence-electron chi connectivity index (χ2n) is 5.13. The Hall–Kier alpha value is -2.41. The summed E-state index contributed by atoms with van der Waals surface area (Å²) in [6, 6.07) is 4.56. The van der Waals surface area contributed by atoms with Crippen molar-refractivity contribution >= 4 is 22.4 Å². The number of hydrogen-bond acceptors (Lipinski definition) is 4. The lowest BCUT2D eigenvalue weighted by atomic mass is 10.0. The highest BCUT2D eigenvalue weighted by atomic mass is 16.2. The van der Waals surface area contributed by atoms with Crippen molar-refractivity contribution in [3.05, 3.63) is 38.9 Å². The van der Waals surface area contributed by atoms with Crippen molar-refractivity contribution in [1.29, 1.82) is 0 Å². The molecule has 0 aliphatic carbocycles. The lowest BCUT2D eigenvalue weighted by molar-refractivity contribution is -0.118. The van der Waals surface area contributed by atoms with Crippen molar-refractivity contribution in [2.45, 2.75) is 25.3 Å². The molecule has 0 radical (unpaired) electrons. The van der Waals surface area contributed by atoms with Crippen LogP contribution in [-0.4, -0.2) is 28.7 Å². The van der Waals surface area contributed by atoms with Crippen LogP contribution in [0.1, 0.15) is 19.3 Å². The van der Waals surface area contributed by atoms with E-state index in [0.717, 1.165) is 25.8 Å². The smallest absolute Gasteiger partial charge is 0.272 e. The molecule has 1 amide bonds. The highest BCUT2D eigenvalue weighted by molar-refractivity contribution is 6.03. The van der Waals surface area contributed by atoms with Crippen LogP contribution in [0.4, 0.5) is 5.69 Å². The summed E-state index contributed by atoms with van der Waals surface area (Å²) in [7, 11) is 0. The maximum atomic E-state index is 12.2. The van der Waals surface area contributed by atoms with Gasteiger partial charge in [-0.2, -0.15) is 0 Å². The van der Waals surface area contributed by atoms with Crippen molar-refractivity contribution in [2.75, 3.05) is 11.9 Å². The van der Waals surface area contributed by atoms with E-state index in [9.17, 15) is 14.4 Å². The summed E-state index contributed by atoms with van der Waals surface area (Å²) in [5.41, 5.74) is -0.467. The highest BCUT2D eigenvalue weighted by Crippen LogP contribution is 2.18. The van der Waals surface area contributed by atoms with Gasteiger partial charge in [0.1, 0.15) is 0 Å². The number of nitrogens with one attached hydrogen (secondary N) is 4. The van der Waals surface area contributed by atoms with Gasteiger partial charge in [-0.05, 0) is 31.5 Å². The number of anilines is 1. The van der Waals surface area contributed by atoms with Crippen LogP contribution in [0, 0.1) is 0 Å². The fourth-order valence-electron chi connectivity index (χ4n) is 2.63. The topological polar surface area (TPSA) is 107 Å². The average Bonchev–Trinajstić information content (AvgIpc) is 2.52. The molecule has 7 nitrogen and oxygen atoms in total. The SMILES string of the molecule is O=C(Nc1cccc2c(=O)[nH][nH]c(=O)c12)C1CCCCN1.